The van der Waals surface area contributed by atoms with Crippen LogP contribution in [0.1, 0.15) is 46.1 Å². The van der Waals surface area contributed by atoms with Crippen LogP contribution in [-0.4, -0.2) is 43.6 Å². The summed E-state index contributed by atoms with van der Waals surface area (Å²) in [7, 11) is 1.60. The summed E-state index contributed by atoms with van der Waals surface area (Å²) in [6.07, 6.45) is 1.84. The number of methoxy groups -OCH3 is 1. The molecule has 1 aromatic carbocycles. The van der Waals surface area contributed by atoms with Crippen LogP contribution in [0.3, 0.4) is 0 Å². The number of hydrogen-bond acceptors (Lipinski definition) is 6. The molecule has 1 saturated heterocycles. The molecule has 0 spiro atoms. The van der Waals surface area contributed by atoms with Crippen molar-refractivity contribution in [2.75, 3.05) is 32.1 Å². The maximum absolute atomic E-state index is 12.8. The van der Waals surface area contributed by atoms with E-state index in [4.69, 9.17) is 9.47 Å². The van der Waals surface area contributed by atoms with Gasteiger partial charge in [-0.15, -0.1) is 11.3 Å². The number of carbonyl (C=O) groups excluding carboxylic acids is 2. The molecule has 2 heterocycles. The van der Waals surface area contributed by atoms with E-state index in [1.54, 1.807) is 42.7 Å². The predicted molar refractivity (Wildman–Crippen MR) is 119 cm³/mol. The third-order valence-electron chi connectivity index (χ3n) is 5.60. The van der Waals surface area contributed by atoms with E-state index < -0.39 is 0 Å². The lowest BCUT2D eigenvalue weighted by atomic mass is 9.97. The van der Waals surface area contributed by atoms with Crippen molar-refractivity contribution in [2.24, 2.45) is 5.92 Å². The zero-order valence-electron chi connectivity index (χ0n) is 18.1. The van der Waals surface area contributed by atoms with Crippen molar-refractivity contribution in [2.45, 2.75) is 40.2 Å². The van der Waals surface area contributed by atoms with Gasteiger partial charge in [0.25, 0.3) is 5.91 Å². The van der Waals surface area contributed by atoms with Gasteiger partial charge in [-0.25, -0.2) is 0 Å². The van der Waals surface area contributed by atoms with E-state index in [1.807, 2.05) is 6.92 Å². The number of likely N-dealkylation sites (tertiary alicyclic amines) is 1. The molecule has 1 aliphatic rings. The van der Waals surface area contributed by atoms with Crippen molar-refractivity contribution in [1.82, 2.24) is 4.90 Å². The lowest BCUT2D eigenvalue weighted by molar-refractivity contribution is -0.150. The summed E-state index contributed by atoms with van der Waals surface area (Å²) in [6.45, 7) is 8.77. The number of piperidine rings is 1. The fraction of sp³-hybridized carbons (Fsp3) is 0.478. The highest BCUT2D eigenvalue weighted by Gasteiger charge is 2.28. The summed E-state index contributed by atoms with van der Waals surface area (Å²) in [5.41, 5.74) is 2.91. The monoisotopic (exact) mass is 430 g/mol. The first-order valence-electron chi connectivity index (χ1n) is 10.4. The van der Waals surface area contributed by atoms with Gasteiger partial charge in [0.1, 0.15) is 10.8 Å². The molecule has 1 N–H and O–H groups in total. The fourth-order valence-corrected chi connectivity index (χ4v) is 4.83. The van der Waals surface area contributed by atoms with Gasteiger partial charge in [0.05, 0.1) is 19.6 Å². The zero-order chi connectivity index (χ0) is 21.7. The van der Waals surface area contributed by atoms with E-state index in [-0.39, 0.29) is 17.8 Å². The van der Waals surface area contributed by atoms with E-state index in [0.29, 0.717) is 25.3 Å². The highest BCUT2D eigenvalue weighted by molar-refractivity contribution is 7.16. The number of amides is 1. The van der Waals surface area contributed by atoms with E-state index >= 15 is 0 Å². The SMILES string of the molecule is CCOC(=O)[C@@H]1CCCN(Cc2c(NC(=O)c3ccc(OC)cc3)sc(C)c2C)C1. The summed E-state index contributed by atoms with van der Waals surface area (Å²) in [5, 5.41) is 3.97. The summed E-state index contributed by atoms with van der Waals surface area (Å²) in [4.78, 5) is 28.4. The van der Waals surface area contributed by atoms with Crippen molar-refractivity contribution in [1.29, 1.82) is 0 Å². The van der Waals surface area contributed by atoms with Gasteiger partial charge in [-0.3, -0.25) is 14.5 Å². The van der Waals surface area contributed by atoms with E-state index in [2.05, 4.69) is 24.1 Å². The van der Waals surface area contributed by atoms with Crippen LogP contribution in [0, 0.1) is 19.8 Å². The lowest BCUT2D eigenvalue weighted by Gasteiger charge is -2.31. The molecule has 7 heteroatoms. The molecule has 1 aliphatic heterocycles. The quantitative estimate of drug-likeness (QED) is 0.660. The van der Waals surface area contributed by atoms with Crippen LogP contribution in [0.15, 0.2) is 24.3 Å². The number of ether oxygens (including phenoxy) is 2. The Balaban J connectivity index is 1.72. The molecule has 2 aromatic rings. The molecule has 0 unspecified atom stereocenters. The Morgan fingerprint density at radius 2 is 1.97 bits per heavy atom. The van der Waals surface area contributed by atoms with Crippen LogP contribution in [0.5, 0.6) is 5.75 Å². The highest BCUT2D eigenvalue weighted by atomic mass is 32.1. The van der Waals surface area contributed by atoms with Crippen LogP contribution in [0.2, 0.25) is 0 Å². The Hall–Kier alpha value is -2.38. The second kappa shape index (κ2) is 10.1. The minimum absolute atomic E-state index is 0.0731. The van der Waals surface area contributed by atoms with Crippen LogP contribution < -0.4 is 10.1 Å². The number of nitrogens with zero attached hydrogens (tertiary/aromatic N) is 1. The van der Waals surface area contributed by atoms with E-state index in [9.17, 15) is 9.59 Å². The largest absolute Gasteiger partial charge is 0.497 e. The standard InChI is InChI=1S/C23H30N2O4S/c1-5-29-23(27)18-7-6-12-25(13-18)14-20-15(2)16(3)30-22(20)24-21(26)17-8-10-19(28-4)11-9-17/h8-11,18H,5-7,12-14H2,1-4H3,(H,24,26)/t18-/m1/s1. The zero-order valence-corrected chi connectivity index (χ0v) is 18.9. The van der Waals surface area contributed by atoms with Crippen molar-refractivity contribution >= 4 is 28.2 Å². The minimum Gasteiger partial charge on any atom is -0.497 e. The average molecular weight is 431 g/mol. The summed E-state index contributed by atoms with van der Waals surface area (Å²) >= 11 is 1.60. The first-order valence-corrected chi connectivity index (χ1v) is 11.2. The van der Waals surface area contributed by atoms with Crippen molar-refractivity contribution in [3.63, 3.8) is 0 Å². The van der Waals surface area contributed by atoms with Crippen LogP contribution in [0.25, 0.3) is 0 Å². The Bertz CT molecular complexity index is 891. The molecule has 0 saturated carbocycles. The lowest BCUT2D eigenvalue weighted by Crippen LogP contribution is -2.39. The van der Waals surface area contributed by atoms with Crippen LogP contribution in [-0.2, 0) is 16.1 Å². The van der Waals surface area contributed by atoms with Crippen LogP contribution >= 0.6 is 11.3 Å². The van der Waals surface area contributed by atoms with Gasteiger partial charge in [-0.2, -0.15) is 0 Å². The predicted octanol–water partition coefficient (Wildman–Crippen LogP) is 4.40. The third kappa shape index (κ3) is 5.21. The third-order valence-corrected chi connectivity index (χ3v) is 6.76. The van der Waals surface area contributed by atoms with Crippen molar-refractivity contribution in [3.8, 4) is 5.75 Å². The molecule has 0 aliphatic carbocycles. The van der Waals surface area contributed by atoms with E-state index in [0.717, 1.165) is 35.7 Å². The number of hydrogen-bond donors (Lipinski definition) is 1. The van der Waals surface area contributed by atoms with Crippen molar-refractivity contribution in [3.05, 3.63) is 45.8 Å². The van der Waals surface area contributed by atoms with Gasteiger partial charge in [0.2, 0.25) is 0 Å². The Morgan fingerprint density at radius 1 is 1.23 bits per heavy atom. The maximum Gasteiger partial charge on any atom is 0.310 e. The fourth-order valence-electron chi connectivity index (χ4n) is 3.76. The van der Waals surface area contributed by atoms with Crippen LogP contribution in [0.4, 0.5) is 5.00 Å². The number of anilines is 1. The smallest absolute Gasteiger partial charge is 0.310 e. The maximum atomic E-state index is 12.8. The summed E-state index contributed by atoms with van der Waals surface area (Å²) < 4.78 is 10.4. The second-order valence-corrected chi connectivity index (χ2v) is 8.82. The molecular weight excluding hydrogens is 400 g/mol. The van der Waals surface area contributed by atoms with Gasteiger partial charge in [0, 0.05) is 29.1 Å². The molecule has 3 rings (SSSR count). The molecule has 1 amide bonds. The van der Waals surface area contributed by atoms with Crippen molar-refractivity contribution < 1.29 is 19.1 Å². The minimum atomic E-state index is -0.136. The number of thiophene rings is 1. The Kier molecular flexibility index (Phi) is 7.50. The molecule has 6 nitrogen and oxygen atoms in total. The van der Waals surface area contributed by atoms with E-state index in [1.165, 1.54) is 10.4 Å². The summed E-state index contributed by atoms with van der Waals surface area (Å²) in [5.74, 6) is 0.407. The number of esters is 1. The number of carbonyl (C=O) groups is 2. The molecule has 162 valence electrons. The molecule has 0 radical (unpaired) electrons. The molecule has 30 heavy (non-hydrogen) atoms. The van der Waals surface area contributed by atoms with Gasteiger partial charge in [0.15, 0.2) is 0 Å². The first kappa shape index (κ1) is 22.3. The molecule has 1 fully saturated rings. The highest BCUT2D eigenvalue weighted by Crippen LogP contribution is 2.34. The number of rotatable bonds is 7. The normalized spacial score (nSPS) is 16.9. The van der Waals surface area contributed by atoms with Gasteiger partial charge in [-0.1, -0.05) is 0 Å². The molecule has 1 aromatic heterocycles. The first-order chi connectivity index (χ1) is 14.4. The van der Waals surface area contributed by atoms with Gasteiger partial charge < -0.3 is 14.8 Å². The van der Waals surface area contributed by atoms with Gasteiger partial charge in [-0.05, 0) is 70.0 Å². The molecule has 0 bridgehead atoms. The molecular formula is C23H30N2O4S. The molecule has 1 atom stereocenters. The number of benzene rings is 1. The average Bonchev–Trinajstić information content (AvgIpc) is 3.01. The number of aryl methyl sites for hydroxylation is 1. The Labute approximate surface area is 182 Å². The topological polar surface area (TPSA) is 67.9 Å². The number of nitrogens with one attached hydrogen (secondary N) is 1. The Morgan fingerprint density at radius 3 is 2.63 bits per heavy atom. The van der Waals surface area contributed by atoms with Gasteiger partial charge >= 0.3 is 5.97 Å². The second-order valence-electron chi connectivity index (χ2n) is 7.60. The summed E-state index contributed by atoms with van der Waals surface area (Å²) in [6, 6.07) is 7.08.